The SMILES string of the molecule is CC(CN(C)C)NC(CC#N)c1ccccc1. The third kappa shape index (κ3) is 4.99. The second kappa shape index (κ2) is 7.05. The summed E-state index contributed by atoms with van der Waals surface area (Å²) in [7, 11) is 4.11. The maximum absolute atomic E-state index is 8.89. The van der Waals surface area contributed by atoms with Crippen LogP contribution in [0.5, 0.6) is 0 Å². The first kappa shape index (κ1) is 13.7. The van der Waals surface area contributed by atoms with Crippen LogP contribution in [0.1, 0.15) is 24.9 Å². The fourth-order valence-corrected chi connectivity index (χ4v) is 1.99. The molecule has 0 radical (unpaired) electrons. The highest BCUT2D eigenvalue weighted by Gasteiger charge is 2.13. The summed E-state index contributed by atoms with van der Waals surface area (Å²) >= 11 is 0. The molecule has 0 aromatic heterocycles. The van der Waals surface area contributed by atoms with Crippen molar-refractivity contribution in [3.63, 3.8) is 0 Å². The Kier molecular flexibility index (Phi) is 5.68. The second-order valence-corrected chi connectivity index (χ2v) is 4.66. The van der Waals surface area contributed by atoms with E-state index >= 15 is 0 Å². The average Bonchev–Trinajstić information content (AvgIpc) is 2.28. The topological polar surface area (TPSA) is 39.1 Å². The first-order valence-electron chi connectivity index (χ1n) is 5.96. The molecule has 0 saturated heterocycles. The van der Waals surface area contributed by atoms with Gasteiger partial charge >= 0.3 is 0 Å². The van der Waals surface area contributed by atoms with Gasteiger partial charge in [-0.3, -0.25) is 0 Å². The molecule has 0 bridgehead atoms. The molecule has 0 fully saturated rings. The monoisotopic (exact) mass is 231 g/mol. The molecule has 0 heterocycles. The molecular weight excluding hydrogens is 210 g/mol. The quantitative estimate of drug-likeness (QED) is 0.815. The highest BCUT2D eigenvalue weighted by molar-refractivity contribution is 5.20. The van der Waals surface area contributed by atoms with Gasteiger partial charge in [0.05, 0.1) is 12.5 Å². The lowest BCUT2D eigenvalue weighted by molar-refractivity contribution is 0.330. The van der Waals surface area contributed by atoms with Crippen LogP contribution in [-0.4, -0.2) is 31.6 Å². The Morgan fingerprint density at radius 3 is 2.47 bits per heavy atom. The fourth-order valence-electron chi connectivity index (χ4n) is 1.99. The van der Waals surface area contributed by atoms with Gasteiger partial charge in [0.1, 0.15) is 0 Å². The van der Waals surface area contributed by atoms with Gasteiger partial charge < -0.3 is 10.2 Å². The minimum Gasteiger partial charge on any atom is -0.308 e. The molecule has 3 nitrogen and oxygen atoms in total. The van der Waals surface area contributed by atoms with Gasteiger partial charge in [-0.1, -0.05) is 30.3 Å². The summed E-state index contributed by atoms with van der Waals surface area (Å²) in [4.78, 5) is 2.14. The Bertz CT molecular complexity index is 353. The van der Waals surface area contributed by atoms with Gasteiger partial charge in [-0.05, 0) is 26.6 Å². The van der Waals surface area contributed by atoms with Crippen LogP contribution >= 0.6 is 0 Å². The van der Waals surface area contributed by atoms with E-state index in [-0.39, 0.29) is 6.04 Å². The molecule has 0 spiro atoms. The van der Waals surface area contributed by atoms with E-state index in [4.69, 9.17) is 5.26 Å². The minimum absolute atomic E-state index is 0.121. The van der Waals surface area contributed by atoms with Gasteiger partial charge in [0.2, 0.25) is 0 Å². The summed E-state index contributed by atoms with van der Waals surface area (Å²) in [5.41, 5.74) is 1.18. The van der Waals surface area contributed by atoms with Crippen molar-refractivity contribution in [3.05, 3.63) is 35.9 Å². The van der Waals surface area contributed by atoms with Gasteiger partial charge in [0, 0.05) is 18.6 Å². The summed E-state index contributed by atoms with van der Waals surface area (Å²) in [6.07, 6.45) is 0.502. The van der Waals surface area contributed by atoms with E-state index in [0.717, 1.165) is 6.54 Å². The molecule has 0 aliphatic heterocycles. The number of nitriles is 1. The zero-order valence-corrected chi connectivity index (χ0v) is 10.9. The molecule has 1 rings (SSSR count). The van der Waals surface area contributed by atoms with Gasteiger partial charge in [0.15, 0.2) is 0 Å². The molecule has 3 heteroatoms. The van der Waals surface area contributed by atoms with Crippen LogP contribution in [0, 0.1) is 11.3 Å². The molecule has 0 aliphatic rings. The lowest BCUT2D eigenvalue weighted by atomic mass is 10.0. The third-order valence-corrected chi connectivity index (χ3v) is 2.62. The number of likely N-dealkylation sites (N-methyl/N-ethyl adjacent to an activating group) is 1. The Hall–Kier alpha value is -1.37. The van der Waals surface area contributed by atoms with E-state index in [1.807, 2.05) is 18.2 Å². The van der Waals surface area contributed by atoms with Crippen LogP contribution < -0.4 is 5.32 Å². The van der Waals surface area contributed by atoms with Crippen LogP contribution in [0.2, 0.25) is 0 Å². The Balaban J connectivity index is 2.64. The smallest absolute Gasteiger partial charge is 0.0641 e. The minimum atomic E-state index is 0.121. The number of benzene rings is 1. The van der Waals surface area contributed by atoms with Gasteiger partial charge in [-0.2, -0.15) is 5.26 Å². The maximum Gasteiger partial charge on any atom is 0.0641 e. The molecular formula is C14H21N3. The lowest BCUT2D eigenvalue weighted by Crippen LogP contribution is -2.38. The van der Waals surface area contributed by atoms with Crippen molar-refractivity contribution in [3.8, 4) is 6.07 Å². The van der Waals surface area contributed by atoms with Crippen LogP contribution in [0.3, 0.4) is 0 Å². The molecule has 2 unspecified atom stereocenters. The zero-order valence-electron chi connectivity index (χ0n) is 10.9. The Morgan fingerprint density at radius 2 is 1.94 bits per heavy atom. The Morgan fingerprint density at radius 1 is 1.29 bits per heavy atom. The number of rotatable bonds is 6. The highest BCUT2D eigenvalue weighted by Crippen LogP contribution is 2.16. The first-order chi connectivity index (χ1) is 8.13. The number of hydrogen-bond acceptors (Lipinski definition) is 3. The van der Waals surface area contributed by atoms with E-state index in [0.29, 0.717) is 12.5 Å². The standard InChI is InChI=1S/C14H21N3/c1-12(11-17(2)3)16-14(9-10-15)13-7-5-4-6-8-13/h4-8,12,14,16H,9,11H2,1-3H3. The molecule has 0 amide bonds. The van der Waals surface area contributed by atoms with Crippen LogP contribution in [0.25, 0.3) is 0 Å². The molecule has 0 saturated carbocycles. The lowest BCUT2D eigenvalue weighted by Gasteiger charge is -2.24. The summed E-state index contributed by atoms with van der Waals surface area (Å²) < 4.78 is 0. The van der Waals surface area contributed by atoms with Gasteiger partial charge in [-0.15, -0.1) is 0 Å². The van der Waals surface area contributed by atoms with Crippen molar-refractivity contribution in [2.24, 2.45) is 0 Å². The van der Waals surface area contributed by atoms with Crippen molar-refractivity contribution >= 4 is 0 Å². The van der Waals surface area contributed by atoms with Crippen molar-refractivity contribution < 1.29 is 0 Å². The number of nitrogens with zero attached hydrogens (tertiary/aromatic N) is 2. The van der Waals surface area contributed by atoms with Crippen LogP contribution in [0.15, 0.2) is 30.3 Å². The van der Waals surface area contributed by atoms with E-state index < -0.39 is 0 Å². The molecule has 92 valence electrons. The van der Waals surface area contributed by atoms with Crippen molar-refractivity contribution in [1.29, 1.82) is 5.26 Å². The Labute approximate surface area is 104 Å². The molecule has 0 aliphatic carbocycles. The van der Waals surface area contributed by atoms with E-state index in [9.17, 15) is 0 Å². The van der Waals surface area contributed by atoms with E-state index in [1.165, 1.54) is 5.56 Å². The molecule has 17 heavy (non-hydrogen) atoms. The average molecular weight is 231 g/mol. The summed E-state index contributed by atoms with van der Waals surface area (Å²) in [5.74, 6) is 0. The summed E-state index contributed by atoms with van der Waals surface area (Å²) in [6.45, 7) is 3.11. The second-order valence-electron chi connectivity index (χ2n) is 4.66. The predicted molar refractivity (Wildman–Crippen MR) is 70.6 cm³/mol. The third-order valence-electron chi connectivity index (χ3n) is 2.62. The zero-order chi connectivity index (χ0) is 12.7. The van der Waals surface area contributed by atoms with Crippen LogP contribution in [0.4, 0.5) is 0 Å². The van der Waals surface area contributed by atoms with Crippen molar-refractivity contribution in [2.45, 2.75) is 25.4 Å². The number of hydrogen-bond donors (Lipinski definition) is 1. The predicted octanol–water partition coefficient (Wildman–Crippen LogP) is 2.18. The van der Waals surface area contributed by atoms with Crippen LogP contribution in [-0.2, 0) is 0 Å². The molecule has 1 aromatic carbocycles. The fraction of sp³-hybridized carbons (Fsp3) is 0.500. The molecule has 2 atom stereocenters. The number of nitrogens with one attached hydrogen (secondary N) is 1. The molecule has 1 N–H and O–H groups in total. The van der Waals surface area contributed by atoms with E-state index in [2.05, 4.69) is 49.4 Å². The van der Waals surface area contributed by atoms with Gasteiger partial charge in [-0.25, -0.2) is 0 Å². The van der Waals surface area contributed by atoms with Crippen molar-refractivity contribution in [2.75, 3.05) is 20.6 Å². The van der Waals surface area contributed by atoms with Crippen molar-refractivity contribution in [1.82, 2.24) is 10.2 Å². The maximum atomic E-state index is 8.89. The first-order valence-corrected chi connectivity index (χ1v) is 5.96. The molecule has 1 aromatic rings. The van der Waals surface area contributed by atoms with Gasteiger partial charge in [0.25, 0.3) is 0 Å². The highest BCUT2D eigenvalue weighted by atomic mass is 15.1. The normalized spacial score (nSPS) is 14.3. The van der Waals surface area contributed by atoms with E-state index in [1.54, 1.807) is 0 Å². The summed E-state index contributed by atoms with van der Waals surface area (Å²) in [6, 6.07) is 12.9. The summed E-state index contributed by atoms with van der Waals surface area (Å²) in [5, 5.41) is 12.4. The largest absolute Gasteiger partial charge is 0.308 e.